The van der Waals surface area contributed by atoms with Gasteiger partial charge in [-0.25, -0.2) is 9.18 Å². The van der Waals surface area contributed by atoms with E-state index in [2.05, 4.69) is 5.32 Å². The first-order valence-electron chi connectivity index (χ1n) is 7.66. The van der Waals surface area contributed by atoms with E-state index in [0.29, 0.717) is 16.7 Å². The second kappa shape index (κ2) is 6.76. The molecule has 0 fully saturated rings. The Balaban J connectivity index is 1.87. The Bertz CT molecular complexity index is 979. The molecule has 1 amide bonds. The molecule has 25 heavy (non-hydrogen) atoms. The number of benzene rings is 2. The molecule has 5 nitrogen and oxygen atoms in total. The van der Waals surface area contributed by atoms with Gasteiger partial charge in [0.25, 0.3) is 5.91 Å². The second-order valence-corrected chi connectivity index (χ2v) is 5.60. The van der Waals surface area contributed by atoms with E-state index in [1.165, 1.54) is 25.3 Å². The minimum atomic E-state index is -0.732. The number of fused-ring (bicyclic) bond motifs is 1. The molecule has 0 bridgehead atoms. The minimum Gasteiger partial charge on any atom is -0.497 e. The summed E-state index contributed by atoms with van der Waals surface area (Å²) in [5, 5.41) is 3.33. The maximum atomic E-state index is 13.0. The number of ether oxygens (including phenoxy) is 1. The summed E-state index contributed by atoms with van der Waals surface area (Å²) in [4.78, 5) is 24.5. The van der Waals surface area contributed by atoms with Gasteiger partial charge in [0.1, 0.15) is 22.7 Å². The number of halogens is 1. The maximum absolute atomic E-state index is 13.0. The number of carbonyl (C=O) groups excluding carboxylic acids is 1. The van der Waals surface area contributed by atoms with Gasteiger partial charge in [-0.2, -0.15) is 0 Å². The Labute approximate surface area is 143 Å². The van der Waals surface area contributed by atoms with Crippen molar-refractivity contribution in [2.75, 3.05) is 7.11 Å². The van der Waals surface area contributed by atoms with E-state index >= 15 is 0 Å². The van der Waals surface area contributed by atoms with Crippen LogP contribution in [0.3, 0.4) is 0 Å². The van der Waals surface area contributed by atoms with Crippen LogP contribution in [0.2, 0.25) is 0 Å². The summed E-state index contributed by atoms with van der Waals surface area (Å²) in [7, 11) is 1.51. The van der Waals surface area contributed by atoms with Gasteiger partial charge in [0.15, 0.2) is 0 Å². The first-order valence-corrected chi connectivity index (χ1v) is 7.66. The Hall–Kier alpha value is -3.15. The molecule has 0 aliphatic rings. The number of hydrogen-bond donors (Lipinski definition) is 1. The third kappa shape index (κ3) is 3.52. The summed E-state index contributed by atoms with van der Waals surface area (Å²) in [6, 6.07) is 11.9. The molecule has 0 spiro atoms. The highest BCUT2D eigenvalue weighted by Gasteiger charge is 2.17. The Morgan fingerprint density at radius 2 is 1.88 bits per heavy atom. The first-order chi connectivity index (χ1) is 12.0. The Morgan fingerprint density at radius 1 is 1.16 bits per heavy atom. The average Bonchev–Trinajstić information content (AvgIpc) is 2.60. The zero-order valence-corrected chi connectivity index (χ0v) is 13.7. The van der Waals surface area contributed by atoms with E-state index in [9.17, 15) is 14.0 Å². The molecule has 2 aromatic carbocycles. The van der Waals surface area contributed by atoms with E-state index in [1.54, 1.807) is 37.3 Å². The number of hydrogen-bond acceptors (Lipinski definition) is 4. The molecule has 6 heteroatoms. The lowest BCUT2D eigenvalue weighted by Crippen LogP contribution is -2.30. The number of methoxy groups -OCH3 is 1. The molecular formula is C19H16FNO4. The lowest BCUT2D eigenvalue weighted by atomic mass is 10.1. The van der Waals surface area contributed by atoms with Crippen LogP contribution in [-0.4, -0.2) is 13.0 Å². The van der Waals surface area contributed by atoms with Crippen molar-refractivity contribution in [3.8, 4) is 5.75 Å². The molecule has 3 rings (SSSR count). The quantitative estimate of drug-likeness (QED) is 0.738. The lowest BCUT2D eigenvalue weighted by Gasteiger charge is -2.14. The van der Waals surface area contributed by atoms with Crippen molar-refractivity contribution in [1.82, 2.24) is 5.32 Å². The van der Waals surface area contributed by atoms with Gasteiger partial charge < -0.3 is 14.5 Å². The van der Waals surface area contributed by atoms with Gasteiger partial charge in [0.2, 0.25) is 0 Å². The van der Waals surface area contributed by atoms with Crippen LogP contribution in [0.5, 0.6) is 5.75 Å². The second-order valence-electron chi connectivity index (χ2n) is 5.60. The standard InChI is InChI=1S/C19H16FNO4/c1-11(12-3-6-14(20)7-4-12)21-18(22)16-9-13-5-8-15(24-2)10-17(13)25-19(16)23/h3-11H,1-2H3,(H,21,22)/t11-/m1/s1. The van der Waals surface area contributed by atoms with E-state index in [4.69, 9.17) is 9.15 Å². The van der Waals surface area contributed by atoms with Crippen LogP contribution >= 0.6 is 0 Å². The highest BCUT2D eigenvalue weighted by Crippen LogP contribution is 2.20. The van der Waals surface area contributed by atoms with Crippen molar-refractivity contribution in [3.05, 3.63) is 75.9 Å². The molecule has 0 aliphatic heterocycles. The summed E-state index contributed by atoms with van der Waals surface area (Å²) < 4.78 is 23.3. The molecule has 0 radical (unpaired) electrons. The highest BCUT2D eigenvalue weighted by molar-refractivity contribution is 5.96. The van der Waals surface area contributed by atoms with Crippen molar-refractivity contribution in [3.63, 3.8) is 0 Å². The van der Waals surface area contributed by atoms with Gasteiger partial charge in [-0.15, -0.1) is 0 Å². The van der Waals surface area contributed by atoms with Crippen LogP contribution in [0.1, 0.15) is 28.9 Å². The van der Waals surface area contributed by atoms with Gasteiger partial charge in [-0.3, -0.25) is 4.79 Å². The smallest absolute Gasteiger partial charge is 0.349 e. The van der Waals surface area contributed by atoms with Crippen LogP contribution in [0.25, 0.3) is 11.0 Å². The zero-order chi connectivity index (χ0) is 18.0. The van der Waals surface area contributed by atoms with E-state index < -0.39 is 11.5 Å². The molecule has 0 saturated heterocycles. The van der Waals surface area contributed by atoms with Crippen molar-refractivity contribution >= 4 is 16.9 Å². The first kappa shape index (κ1) is 16.7. The molecular weight excluding hydrogens is 325 g/mol. The molecule has 3 aromatic rings. The van der Waals surface area contributed by atoms with Crippen molar-refractivity contribution in [2.24, 2.45) is 0 Å². The summed E-state index contributed by atoms with van der Waals surface area (Å²) in [5.41, 5.74) is 0.244. The van der Waals surface area contributed by atoms with E-state index in [0.717, 1.165) is 5.56 Å². The third-order valence-corrected chi connectivity index (χ3v) is 3.91. The Morgan fingerprint density at radius 3 is 2.56 bits per heavy atom. The van der Waals surface area contributed by atoms with E-state index in [1.807, 2.05) is 0 Å². The molecule has 0 saturated carbocycles. The van der Waals surface area contributed by atoms with Gasteiger partial charge in [0, 0.05) is 11.5 Å². The molecule has 1 aromatic heterocycles. The summed E-state index contributed by atoms with van der Waals surface area (Å²) in [6.45, 7) is 1.75. The normalized spacial score (nSPS) is 12.0. The topological polar surface area (TPSA) is 68.5 Å². The summed E-state index contributed by atoms with van der Waals surface area (Å²) >= 11 is 0. The van der Waals surface area contributed by atoms with Crippen LogP contribution < -0.4 is 15.7 Å². The molecule has 1 atom stereocenters. The largest absolute Gasteiger partial charge is 0.497 e. The third-order valence-electron chi connectivity index (χ3n) is 3.91. The van der Waals surface area contributed by atoms with Crippen LogP contribution in [0.15, 0.2) is 57.7 Å². The predicted octanol–water partition coefficient (Wildman–Crippen LogP) is 3.43. The predicted molar refractivity (Wildman–Crippen MR) is 91.3 cm³/mol. The van der Waals surface area contributed by atoms with Crippen LogP contribution in [0, 0.1) is 5.82 Å². The van der Waals surface area contributed by atoms with Gasteiger partial charge in [-0.1, -0.05) is 12.1 Å². The average molecular weight is 341 g/mol. The lowest BCUT2D eigenvalue weighted by molar-refractivity contribution is 0.0936. The molecule has 1 N–H and O–H groups in total. The Kier molecular flexibility index (Phi) is 4.52. The van der Waals surface area contributed by atoms with Gasteiger partial charge >= 0.3 is 5.63 Å². The van der Waals surface area contributed by atoms with E-state index in [-0.39, 0.29) is 17.4 Å². The maximum Gasteiger partial charge on any atom is 0.349 e. The monoisotopic (exact) mass is 341 g/mol. The van der Waals surface area contributed by atoms with Crippen molar-refractivity contribution in [2.45, 2.75) is 13.0 Å². The number of nitrogens with one attached hydrogen (secondary N) is 1. The molecule has 0 aliphatic carbocycles. The summed E-state index contributed by atoms with van der Waals surface area (Å²) in [6.07, 6.45) is 0. The van der Waals surface area contributed by atoms with Gasteiger partial charge in [-0.05, 0) is 42.8 Å². The number of carbonyl (C=O) groups is 1. The molecule has 128 valence electrons. The summed E-state index contributed by atoms with van der Waals surface area (Å²) in [5.74, 6) is -0.353. The fraction of sp³-hybridized carbons (Fsp3) is 0.158. The van der Waals surface area contributed by atoms with Crippen LogP contribution in [0.4, 0.5) is 4.39 Å². The fourth-order valence-corrected chi connectivity index (χ4v) is 2.49. The zero-order valence-electron chi connectivity index (χ0n) is 13.7. The van der Waals surface area contributed by atoms with Gasteiger partial charge in [0.05, 0.1) is 13.2 Å². The SMILES string of the molecule is COc1ccc2cc(C(=O)N[C@H](C)c3ccc(F)cc3)c(=O)oc2c1. The van der Waals surface area contributed by atoms with Crippen molar-refractivity contribution in [1.29, 1.82) is 0 Å². The molecule has 1 heterocycles. The minimum absolute atomic E-state index is 0.0911. The number of rotatable bonds is 4. The molecule has 0 unspecified atom stereocenters. The number of amides is 1. The van der Waals surface area contributed by atoms with Crippen molar-refractivity contribution < 1.29 is 18.3 Å². The fourth-order valence-electron chi connectivity index (χ4n) is 2.49. The highest BCUT2D eigenvalue weighted by atomic mass is 19.1. The van der Waals surface area contributed by atoms with Crippen LogP contribution in [-0.2, 0) is 0 Å².